The molecule has 0 radical (unpaired) electrons. The number of hydrogen-bond acceptors (Lipinski definition) is 3. The average molecular weight is 465 g/mol. The highest BCUT2D eigenvalue weighted by Crippen LogP contribution is 2.43. The van der Waals surface area contributed by atoms with E-state index in [0.29, 0.717) is 17.0 Å². The Morgan fingerprint density at radius 2 is 1.91 bits per heavy atom. The minimum absolute atomic E-state index is 0.346. The number of aryl methyl sites for hydroxylation is 1. The first kappa shape index (κ1) is 22.5. The summed E-state index contributed by atoms with van der Waals surface area (Å²) < 4.78 is 0. The third-order valence-electron chi connectivity index (χ3n) is 7.73. The van der Waals surface area contributed by atoms with Crippen molar-refractivity contribution >= 4 is 28.8 Å². The molecule has 0 saturated carbocycles. The number of rotatable bonds is 4. The SMILES string of the molecule is CC1(C)CCC(c2ccc(Cl)cc2)=C(CN2CCN3c4ccc(C(=O)O)cc4CC[C@@H]3C2)C1. The highest BCUT2D eigenvalue weighted by Gasteiger charge is 2.34. The summed E-state index contributed by atoms with van der Waals surface area (Å²) in [5.74, 6) is -0.843. The second-order valence-electron chi connectivity index (χ2n) is 10.7. The van der Waals surface area contributed by atoms with Crippen LogP contribution >= 0.6 is 11.6 Å². The molecule has 1 N–H and O–H groups in total. The lowest BCUT2D eigenvalue weighted by molar-refractivity contribution is 0.0696. The predicted octanol–water partition coefficient (Wildman–Crippen LogP) is 6.14. The molecule has 2 aromatic carbocycles. The monoisotopic (exact) mass is 464 g/mol. The van der Waals surface area contributed by atoms with E-state index in [4.69, 9.17) is 11.6 Å². The normalized spacial score (nSPS) is 22.6. The van der Waals surface area contributed by atoms with Gasteiger partial charge in [-0.15, -0.1) is 0 Å². The number of carboxylic acid groups (broad SMARTS) is 1. The maximum Gasteiger partial charge on any atom is 0.335 e. The van der Waals surface area contributed by atoms with E-state index in [0.717, 1.165) is 56.9 Å². The van der Waals surface area contributed by atoms with Crippen LogP contribution in [0.15, 0.2) is 48.0 Å². The first-order valence-corrected chi connectivity index (χ1v) is 12.5. The summed E-state index contributed by atoms with van der Waals surface area (Å²) in [6.45, 7) is 8.93. The second kappa shape index (κ2) is 8.81. The van der Waals surface area contributed by atoms with Gasteiger partial charge in [-0.25, -0.2) is 4.79 Å². The van der Waals surface area contributed by atoms with Gasteiger partial charge in [0, 0.05) is 42.9 Å². The summed E-state index contributed by atoms with van der Waals surface area (Å²) in [5, 5.41) is 10.1. The molecule has 1 atom stereocenters. The van der Waals surface area contributed by atoms with Crippen LogP contribution in [-0.4, -0.2) is 48.2 Å². The number of allylic oxidation sites excluding steroid dienone is 1. The number of fused-ring (bicyclic) bond motifs is 3. The summed E-state index contributed by atoms with van der Waals surface area (Å²) in [7, 11) is 0. The summed E-state index contributed by atoms with van der Waals surface area (Å²) in [6, 6.07) is 14.5. The number of piperazine rings is 1. The number of benzene rings is 2. The van der Waals surface area contributed by atoms with Crippen molar-refractivity contribution in [3.05, 3.63) is 69.8 Å². The lowest BCUT2D eigenvalue weighted by Crippen LogP contribution is -2.55. The zero-order chi connectivity index (χ0) is 23.2. The number of carbonyl (C=O) groups is 1. The molecule has 5 heteroatoms. The van der Waals surface area contributed by atoms with Crippen molar-refractivity contribution in [2.45, 2.75) is 52.0 Å². The minimum atomic E-state index is -0.843. The lowest BCUT2D eigenvalue weighted by Gasteiger charge is -2.47. The van der Waals surface area contributed by atoms with Crippen LogP contribution in [0.5, 0.6) is 0 Å². The van der Waals surface area contributed by atoms with Crippen LogP contribution in [0, 0.1) is 5.41 Å². The highest BCUT2D eigenvalue weighted by atomic mass is 35.5. The van der Waals surface area contributed by atoms with E-state index in [-0.39, 0.29) is 0 Å². The number of halogens is 1. The average Bonchev–Trinajstić information content (AvgIpc) is 2.79. The van der Waals surface area contributed by atoms with Gasteiger partial charge in [-0.1, -0.05) is 43.2 Å². The molecule has 2 aliphatic heterocycles. The smallest absolute Gasteiger partial charge is 0.335 e. The minimum Gasteiger partial charge on any atom is -0.478 e. The maximum absolute atomic E-state index is 11.4. The van der Waals surface area contributed by atoms with E-state index in [1.165, 1.54) is 28.8 Å². The molecule has 33 heavy (non-hydrogen) atoms. The van der Waals surface area contributed by atoms with Crippen LogP contribution < -0.4 is 4.90 Å². The number of hydrogen-bond donors (Lipinski definition) is 1. The first-order chi connectivity index (χ1) is 15.8. The molecular weight excluding hydrogens is 432 g/mol. The number of carboxylic acids is 1. The van der Waals surface area contributed by atoms with Crippen molar-refractivity contribution in [2.24, 2.45) is 5.41 Å². The summed E-state index contributed by atoms with van der Waals surface area (Å²) >= 11 is 6.15. The van der Waals surface area contributed by atoms with Gasteiger partial charge in [-0.2, -0.15) is 0 Å². The third kappa shape index (κ3) is 4.69. The van der Waals surface area contributed by atoms with Crippen LogP contribution in [0.1, 0.15) is 61.0 Å². The molecule has 0 unspecified atom stereocenters. The second-order valence-corrected chi connectivity index (χ2v) is 11.1. The lowest BCUT2D eigenvalue weighted by atomic mass is 9.72. The van der Waals surface area contributed by atoms with E-state index < -0.39 is 5.97 Å². The van der Waals surface area contributed by atoms with Gasteiger partial charge < -0.3 is 10.0 Å². The molecule has 0 aromatic heterocycles. The van der Waals surface area contributed by atoms with Crippen molar-refractivity contribution < 1.29 is 9.90 Å². The van der Waals surface area contributed by atoms with Crippen LogP contribution in [0.4, 0.5) is 5.69 Å². The Kier molecular flexibility index (Phi) is 6.00. The maximum atomic E-state index is 11.4. The summed E-state index contributed by atoms with van der Waals surface area (Å²) in [6.07, 6.45) is 5.54. The highest BCUT2D eigenvalue weighted by molar-refractivity contribution is 6.30. The molecule has 0 amide bonds. The number of nitrogens with zero attached hydrogens (tertiary/aromatic N) is 2. The molecule has 2 heterocycles. The van der Waals surface area contributed by atoms with Gasteiger partial charge in [0.15, 0.2) is 0 Å². The van der Waals surface area contributed by atoms with Crippen molar-refractivity contribution in [3.8, 4) is 0 Å². The molecule has 1 fully saturated rings. The quantitative estimate of drug-likeness (QED) is 0.590. The topological polar surface area (TPSA) is 43.8 Å². The fourth-order valence-corrected chi connectivity index (χ4v) is 6.11. The molecular formula is C28H33ClN2O2. The third-order valence-corrected chi connectivity index (χ3v) is 7.98. The summed E-state index contributed by atoms with van der Waals surface area (Å²) in [5.41, 5.74) is 7.58. The standard InChI is InChI=1S/C28H33ClN2O2/c1-28(2)12-11-25(19-3-7-23(29)8-4-19)22(16-28)17-30-13-14-31-24(18-30)9-5-20-15-21(27(32)33)6-10-26(20)31/h3-4,6-8,10,15,24H,5,9,11-14,16-18H2,1-2H3,(H,32,33)/t24-/m1/s1. The van der Waals surface area contributed by atoms with E-state index in [2.05, 4.69) is 35.8 Å². The van der Waals surface area contributed by atoms with Crippen molar-refractivity contribution in [1.29, 1.82) is 0 Å². The van der Waals surface area contributed by atoms with Gasteiger partial charge >= 0.3 is 5.97 Å². The first-order valence-electron chi connectivity index (χ1n) is 12.1. The van der Waals surface area contributed by atoms with Gasteiger partial charge in [0.05, 0.1) is 5.56 Å². The molecule has 3 aliphatic rings. The Bertz CT molecular complexity index is 1090. The van der Waals surface area contributed by atoms with Gasteiger partial charge in [-0.3, -0.25) is 4.90 Å². The van der Waals surface area contributed by atoms with Crippen molar-refractivity contribution in [3.63, 3.8) is 0 Å². The Hall–Kier alpha value is -2.30. The Morgan fingerprint density at radius 3 is 2.67 bits per heavy atom. The fourth-order valence-electron chi connectivity index (χ4n) is 5.98. The number of aromatic carboxylic acids is 1. The van der Waals surface area contributed by atoms with E-state index in [1.807, 2.05) is 24.3 Å². The predicted molar refractivity (Wildman–Crippen MR) is 135 cm³/mol. The molecule has 1 aliphatic carbocycles. The molecule has 0 spiro atoms. The van der Waals surface area contributed by atoms with Gasteiger partial charge in [-0.05, 0) is 84.6 Å². The van der Waals surface area contributed by atoms with E-state index in [1.54, 1.807) is 11.6 Å². The van der Waals surface area contributed by atoms with Crippen molar-refractivity contribution in [1.82, 2.24) is 4.90 Å². The van der Waals surface area contributed by atoms with Gasteiger partial charge in [0.1, 0.15) is 0 Å². The Morgan fingerprint density at radius 1 is 1.12 bits per heavy atom. The Balaban J connectivity index is 1.35. The van der Waals surface area contributed by atoms with Crippen LogP contribution in [0.2, 0.25) is 5.02 Å². The van der Waals surface area contributed by atoms with E-state index in [9.17, 15) is 9.90 Å². The van der Waals surface area contributed by atoms with Crippen molar-refractivity contribution in [2.75, 3.05) is 31.1 Å². The zero-order valence-corrected chi connectivity index (χ0v) is 20.4. The van der Waals surface area contributed by atoms with Crippen LogP contribution in [-0.2, 0) is 6.42 Å². The summed E-state index contributed by atoms with van der Waals surface area (Å²) in [4.78, 5) is 16.5. The molecule has 1 saturated heterocycles. The van der Waals surface area contributed by atoms with Crippen LogP contribution in [0.3, 0.4) is 0 Å². The molecule has 4 nitrogen and oxygen atoms in total. The molecule has 0 bridgehead atoms. The van der Waals surface area contributed by atoms with E-state index >= 15 is 0 Å². The van der Waals surface area contributed by atoms with Crippen LogP contribution in [0.25, 0.3) is 5.57 Å². The molecule has 174 valence electrons. The van der Waals surface area contributed by atoms with Gasteiger partial charge in [0.25, 0.3) is 0 Å². The Labute approximate surface area is 201 Å². The zero-order valence-electron chi connectivity index (χ0n) is 19.6. The fraction of sp³-hybridized carbons (Fsp3) is 0.464. The molecule has 5 rings (SSSR count). The van der Waals surface area contributed by atoms with Gasteiger partial charge in [0.2, 0.25) is 0 Å². The molecule has 2 aromatic rings. The largest absolute Gasteiger partial charge is 0.478 e. The number of anilines is 1.